The Kier molecular flexibility index (Phi) is 5.00. The molecule has 68 valence electrons. The highest BCUT2D eigenvalue weighted by Gasteiger charge is 2.01. The Bertz CT molecular complexity index is 236. The van der Waals surface area contributed by atoms with Gasteiger partial charge in [0.05, 0.1) is 7.11 Å². The molecule has 0 aromatic heterocycles. The fourth-order valence-corrected chi connectivity index (χ4v) is 0.641. The lowest BCUT2D eigenvalue weighted by atomic mass is 10.3. The number of rotatable bonds is 1. The lowest BCUT2D eigenvalue weighted by Crippen LogP contribution is -1.87. The van der Waals surface area contributed by atoms with Gasteiger partial charge in [-0.2, -0.15) is 0 Å². The Morgan fingerprint density at radius 2 is 1.75 bits per heavy atom. The highest BCUT2D eigenvalue weighted by molar-refractivity contribution is 5.24. The van der Waals surface area contributed by atoms with Crippen molar-refractivity contribution in [1.29, 1.82) is 0 Å². The fourth-order valence-electron chi connectivity index (χ4n) is 0.641. The molecular weight excluding hydrogens is 162 g/mol. The number of methoxy groups -OCH3 is 1. The second kappa shape index (κ2) is 5.52. The molecule has 0 aliphatic heterocycles. The van der Waals surface area contributed by atoms with Crippen LogP contribution in [0.1, 0.15) is 13.8 Å². The summed E-state index contributed by atoms with van der Waals surface area (Å²) in [7, 11) is 1.33. The molecule has 0 heterocycles. The fraction of sp³-hybridized carbons (Fsp3) is 0.333. The van der Waals surface area contributed by atoms with E-state index in [1.165, 1.54) is 13.2 Å². The van der Waals surface area contributed by atoms with Gasteiger partial charge in [0.15, 0.2) is 11.6 Å². The van der Waals surface area contributed by atoms with Gasteiger partial charge >= 0.3 is 0 Å². The predicted molar refractivity (Wildman–Crippen MR) is 44.3 cm³/mol. The molecule has 0 saturated heterocycles. The van der Waals surface area contributed by atoms with E-state index in [0.29, 0.717) is 0 Å². The van der Waals surface area contributed by atoms with Gasteiger partial charge in [-0.3, -0.25) is 0 Å². The summed E-state index contributed by atoms with van der Waals surface area (Å²) in [6.45, 7) is 4.00. The van der Waals surface area contributed by atoms with Crippen molar-refractivity contribution >= 4 is 0 Å². The molecule has 1 nitrogen and oxygen atoms in total. The molecule has 0 unspecified atom stereocenters. The van der Waals surface area contributed by atoms with Gasteiger partial charge in [-0.25, -0.2) is 8.78 Å². The molecule has 12 heavy (non-hydrogen) atoms. The third-order valence-electron chi connectivity index (χ3n) is 1.11. The molecule has 0 fully saturated rings. The molecule has 0 aliphatic carbocycles. The van der Waals surface area contributed by atoms with Gasteiger partial charge in [0.2, 0.25) is 0 Å². The Balaban J connectivity index is 0.000000561. The van der Waals surface area contributed by atoms with Crippen LogP contribution < -0.4 is 4.74 Å². The number of hydrogen-bond donors (Lipinski definition) is 0. The van der Waals surface area contributed by atoms with E-state index in [4.69, 9.17) is 0 Å². The highest BCUT2D eigenvalue weighted by Crippen LogP contribution is 2.16. The first-order valence-electron chi connectivity index (χ1n) is 3.73. The monoisotopic (exact) mass is 174 g/mol. The summed E-state index contributed by atoms with van der Waals surface area (Å²) in [5.41, 5.74) is 0. The van der Waals surface area contributed by atoms with Crippen LogP contribution in [0.4, 0.5) is 8.78 Å². The van der Waals surface area contributed by atoms with Crippen LogP contribution in [-0.4, -0.2) is 7.11 Å². The van der Waals surface area contributed by atoms with Gasteiger partial charge in [-0.15, -0.1) is 0 Å². The largest absolute Gasteiger partial charge is 0.494 e. The molecule has 0 aliphatic rings. The van der Waals surface area contributed by atoms with Gasteiger partial charge in [-0.05, 0) is 12.1 Å². The quantitative estimate of drug-likeness (QED) is 0.636. The van der Waals surface area contributed by atoms with E-state index in [2.05, 4.69) is 4.74 Å². The van der Waals surface area contributed by atoms with Crippen LogP contribution in [0.25, 0.3) is 0 Å². The SMILES string of the molecule is CC.COc1ccc(F)cc1F. The molecule has 3 heteroatoms. The first kappa shape index (κ1) is 10.9. The van der Waals surface area contributed by atoms with Crippen LogP contribution in [0.2, 0.25) is 0 Å². The molecule has 0 radical (unpaired) electrons. The second-order valence-corrected chi connectivity index (χ2v) is 1.78. The van der Waals surface area contributed by atoms with Gasteiger partial charge in [-0.1, -0.05) is 13.8 Å². The Hall–Kier alpha value is -1.12. The Morgan fingerprint density at radius 3 is 2.17 bits per heavy atom. The maximum absolute atomic E-state index is 12.5. The average molecular weight is 174 g/mol. The summed E-state index contributed by atoms with van der Waals surface area (Å²) < 4.78 is 29.2. The van der Waals surface area contributed by atoms with Crippen LogP contribution >= 0.6 is 0 Å². The highest BCUT2D eigenvalue weighted by atomic mass is 19.1. The van der Waals surface area contributed by atoms with Crippen molar-refractivity contribution < 1.29 is 13.5 Å². The van der Waals surface area contributed by atoms with E-state index in [1.807, 2.05) is 13.8 Å². The number of halogens is 2. The summed E-state index contributed by atoms with van der Waals surface area (Å²) in [6, 6.07) is 3.16. The van der Waals surface area contributed by atoms with E-state index in [-0.39, 0.29) is 5.75 Å². The zero-order valence-electron chi connectivity index (χ0n) is 7.40. The van der Waals surface area contributed by atoms with Crippen LogP contribution in [-0.2, 0) is 0 Å². The minimum Gasteiger partial charge on any atom is -0.494 e. The van der Waals surface area contributed by atoms with Crippen molar-refractivity contribution in [2.45, 2.75) is 13.8 Å². The standard InChI is InChI=1S/C7H6F2O.C2H6/c1-10-7-3-2-5(8)4-6(7)9;1-2/h2-4H,1H3;1-2H3. The van der Waals surface area contributed by atoms with E-state index in [1.54, 1.807) is 0 Å². The van der Waals surface area contributed by atoms with E-state index < -0.39 is 11.6 Å². The maximum Gasteiger partial charge on any atom is 0.167 e. The number of benzene rings is 1. The first-order valence-corrected chi connectivity index (χ1v) is 3.73. The molecule has 0 saturated carbocycles. The molecule has 0 bridgehead atoms. The molecule has 0 spiro atoms. The number of hydrogen-bond acceptors (Lipinski definition) is 1. The maximum atomic E-state index is 12.5. The van der Waals surface area contributed by atoms with Crippen molar-refractivity contribution in [3.63, 3.8) is 0 Å². The molecule has 1 aromatic rings. The lowest BCUT2D eigenvalue weighted by molar-refractivity contribution is 0.384. The first-order chi connectivity index (χ1) is 5.74. The van der Waals surface area contributed by atoms with E-state index in [0.717, 1.165) is 12.1 Å². The van der Waals surface area contributed by atoms with Crippen LogP contribution in [0, 0.1) is 11.6 Å². The van der Waals surface area contributed by atoms with E-state index in [9.17, 15) is 8.78 Å². The van der Waals surface area contributed by atoms with E-state index >= 15 is 0 Å². The third kappa shape index (κ3) is 2.86. The molecule has 1 aromatic carbocycles. The summed E-state index contributed by atoms with van der Waals surface area (Å²) in [6.07, 6.45) is 0. The van der Waals surface area contributed by atoms with Gasteiger partial charge < -0.3 is 4.74 Å². The molecule has 0 amide bonds. The number of ether oxygens (including phenoxy) is 1. The Labute approximate surface area is 71.0 Å². The third-order valence-corrected chi connectivity index (χ3v) is 1.11. The zero-order valence-corrected chi connectivity index (χ0v) is 7.40. The zero-order chi connectivity index (χ0) is 9.56. The summed E-state index contributed by atoms with van der Waals surface area (Å²) >= 11 is 0. The smallest absolute Gasteiger partial charge is 0.167 e. The van der Waals surface area contributed by atoms with Gasteiger partial charge in [0, 0.05) is 6.07 Å². The van der Waals surface area contributed by atoms with Crippen molar-refractivity contribution in [2.24, 2.45) is 0 Å². The van der Waals surface area contributed by atoms with Crippen molar-refractivity contribution in [2.75, 3.05) is 7.11 Å². The topological polar surface area (TPSA) is 9.23 Å². The normalized spacial score (nSPS) is 8.42. The van der Waals surface area contributed by atoms with Crippen molar-refractivity contribution in [1.82, 2.24) is 0 Å². The Morgan fingerprint density at radius 1 is 1.17 bits per heavy atom. The summed E-state index contributed by atoms with van der Waals surface area (Å²) in [5, 5.41) is 0. The summed E-state index contributed by atoms with van der Waals surface area (Å²) in [5.74, 6) is -1.22. The van der Waals surface area contributed by atoms with Gasteiger partial charge in [0.25, 0.3) is 0 Å². The summed E-state index contributed by atoms with van der Waals surface area (Å²) in [4.78, 5) is 0. The molecular formula is C9H12F2O. The predicted octanol–water partition coefficient (Wildman–Crippen LogP) is 3.00. The molecule has 0 atom stereocenters. The second-order valence-electron chi connectivity index (χ2n) is 1.78. The van der Waals surface area contributed by atoms with Gasteiger partial charge in [0.1, 0.15) is 5.82 Å². The average Bonchev–Trinajstić information content (AvgIpc) is 2.08. The van der Waals surface area contributed by atoms with Crippen molar-refractivity contribution in [3.8, 4) is 5.75 Å². The lowest BCUT2D eigenvalue weighted by Gasteiger charge is -1.98. The van der Waals surface area contributed by atoms with Crippen molar-refractivity contribution in [3.05, 3.63) is 29.8 Å². The van der Waals surface area contributed by atoms with Crippen LogP contribution in [0.15, 0.2) is 18.2 Å². The molecule has 0 N–H and O–H groups in total. The minimum atomic E-state index is -0.678. The van der Waals surface area contributed by atoms with Crippen LogP contribution in [0.3, 0.4) is 0 Å². The minimum absolute atomic E-state index is 0.0569. The molecule has 1 rings (SSSR count). The van der Waals surface area contributed by atoms with Crippen LogP contribution in [0.5, 0.6) is 5.75 Å².